The van der Waals surface area contributed by atoms with Gasteiger partial charge < -0.3 is 10.6 Å². The Morgan fingerprint density at radius 3 is 2.46 bits per heavy atom. The van der Waals surface area contributed by atoms with Crippen LogP contribution in [0.4, 0.5) is 17.5 Å². The first-order valence-electron chi connectivity index (χ1n) is 8.27. The molecule has 0 saturated heterocycles. The number of pyridine rings is 1. The Morgan fingerprint density at radius 1 is 1.08 bits per heavy atom. The number of hydrogen-bond donors (Lipinski definition) is 2. The number of benzene rings is 1. The minimum atomic E-state index is 0.440. The zero-order valence-electron chi connectivity index (χ0n) is 15.1. The molecule has 26 heavy (non-hydrogen) atoms. The van der Waals surface area contributed by atoms with Crippen molar-refractivity contribution < 1.29 is 4.79 Å². The minimum Gasteiger partial charge on any atom is -0.388 e. The van der Waals surface area contributed by atoms with Gasteiger partial charge in [-0.2, -0.15) is 9.97 Å². The summed E-state index contributed by atoms with van der Waals surface area (Å²) >= 11 is 0. The van der Waals surface area contributed by atoms with Gasteiger partial charge in [0.05, 0.1) is 0 Å². The summed E-state index contributed by atoms with van der Waals surface area (Å²) in [6.45, 7) is 3.78. The lowest BCUT2D eigenvalue weighted by molar-refractivity contribution is 0.112. The molecule has 0 radical (unpaired) electrons. The van der Waals surface area contributed by atoms with Gasteiger partial charge in [-0.3, -0.25) is 4.79 Å². The lowest BCUT2D eigenvalue weighted by Gasteiger charge is -2.06. The van der Waals surface area contributed by atoms with Crippen molar-refractivity contribution in [1.82, 2.24) is 19.9 Å². The average molecular weight is 350 g/mol. The normalized spacial score (nSPS) is 9.65. The van der Waals surface area contributed by atoms with Gasteiger partial charge in [0.25, 0.3) is 0 Å². The highest BCUT2D eigenvalue weighted by Crippen LogP contribution is 2.11. The molecule has 2 N–H and O–H groups in total. The number of aromatic nitrogens is 4. The topological polar surface area (TPSA) is 92.7 Å². The summed E-state index contributed by atoms with van der Waals surface area (Å²) in [5.74, 6) is 2.34. The summed E-state index contributed by atoms with van der Waals surface area (Å²) in [6, 6.07) is 13.3. The Kier molecular flexibility index (Phi) is 7.17. The molecule has 0 spiro atoms. The quantitative estimate of drug-likeness (QED) is 0.681. The first-order valence-corrected chi connectivity index (χ1v) is 8.27. The fourth-order valence-corrected chi connectivity index (χ4v) is 2.06. The van der Waals surface area contributed by atoms with E-state index in [1.54, 1.807) is 25.3 Å². The number of rotatable bonds is 5. The Hall–Kier alpha value is -3.35. The van der Waals surface area contributed by atoms with Crippen LogP contribution in [0.1, 0.15) is 28.9 Å². The molecule has 7 heteroatoms. The fourth-order valence-electron chi connectivity index (χ4n) is 2.06. The number of para-hydroxylation sites is 1. The van der Waals surface area contributed by atoms with Crippen molar-refractivity contribution >= 4 is 23.7 Å². The second-order valence-electron chi connectivity index (χ2n) is 5.31. The molecule has 0 amide bonds. The van der Waals surface area contributed by atoms with Crippen LogP contribution in [0.2, 0.25) is 0 Å². The number of carbonyl (C=O) groups excluding carboxylic acids is 1. The van der Waals surface area contributed by atoms with E-state index in [4.69, 9.17) is 0 Å². The lowest BCUT2D eigenvalue weighted by Crippen LogP contribution is -2.05. The summed E-state index contributed by atoms with van der Waals surface area (Å²) in [4.78, 5) is 27.4. The summed E-state index contributed by atoms with van der Waals surface area (Å²) in [5, 5.41) is 5.99. The average Bonchev–Trinajstić information content (AvgIpc) is 2.68. The molecule has 2 heterocycles. The van der Waals surface area contributed by atoms with E-state index in [0.717, 1.165) is 24.2 Å². The highest BCUT2D eigenvalue weighted by Gasteiger charge is 2.04. The summed E-state index contributed by atoms with van der Waals surface area (Å²) in [5.41, 5.74) is 1.71. The Morgan fingerprint density at radius 2 is 1.85 bits per heavy atom. The molecule has 0 aliphatic carbocycles. The van der Waals surface area contributed by atoms with Gasteiger partial charge in [0.1, 0.15) is 23.8 Å². The van der Waals surface area contributed by atoms with Crippen LogP contribution in [-0.4, -0.2) is 33.3 Å². The fraction of sp³-hybridized carbons (Fsp3) is 0.211. The molecule has 0 aliphatic heterocycles. The number of hydrogen-bond acceptors (Lipinski definition) is 7. The van der Waals surface area contributed by atoms with Crippen molar-refractivity contribution in [2.24, 2.45) is 0 Å². The SMILES string of the molecule is CCc1nc(C)nc(Nc2cc(C=O)ccn2)n1.CNc1ccccc1. The van der Waals surface area contributed by atoms with Crippen molar-refractivity contribution in [3.8, 4) is 0 Å². The van der Waals surface area contributed by atoms with Crippen LogP contribution in [0, 0.1) is 6.92 Å². The number of carbonyl (C=O) groups is 1. The number of aryl methyl sites for hydroxylation is 2. The van der Waals surface area contributed by atoms with Crippen molar-refractivity contribution in [3.05, 3.63) is 65.9 Å². The van der Waals surface area contributed by atoms with E-state index in [-0.39, 0.29) is 0 Å². The Labute approximate surface area is 153 Å². The zero-order chi connectivity index (χ0) is 18.8. The van der Waals surface area contributed by atoms with Gasteiger partial charge in [0.2, 0.25) is 5.95 Å². The maximum absolute atomic E-state index is 10.7. The molecule has 2 aromatic heterocycles. The molecule has 0 aliphatic rings. The second-order valence-corrected chi connectivity index (χ2v) is 5.31. The van der Waals surface area contributed by atoms with E-state index in [1.165, 1.54) is 0 Å². The van der Waals surface area contributed by atoms with Gasteiger partial charge in [0.15, 0.2) is 0 Å². The van der Waals surface area contributed by atoms with Crippen molar-refractivity contribution in [3.63, 3.8) is 0 Å². The number of anilines is 3. The van der Waals surface area contributed by atoms with Crippen LogP contribution in [0.3, 0.4) is 0 Å². The van der Waals surface area contributed by atoms with Crippen molar-refractivity contribution in [1.29, 1.82) is 0 Å². The van der Waals surface area contributed by atoms with Gasteiger partial charge in [-0.15, -0.1) is 0 Å². The van der Waals surface area contributed by atoms with Gasteiger partial charge in [-0.25, -0.2) is 9.97 Å². The Bertz CT molecular complexity index is 838. The third-order valence-corrected chi connectivity index (χ3v) is 3.33. The maximum atomic E-state index is 10.7. The molecular weight excluding hydrogens is 328 g/mol. The zero-order valence-corrected chi connectivity index (χ0v) is 15.1. The third kappa shape index (κ3) is 5.94. The van der Waals surface area contributed by atoms with E-state index >= 15 is 0 Å². The molecule has 0 atom stereocenters. The Balaban J connectivity index is 0.000000254. The minimum absolute atomic E-state index is 0.440. The van der Waals surface area contributed by atoms with Crippen LogP contribution >= 0.6 is 0 Å². The van der Waals surface area contributed by atoms with Gasteiger partial charge in [0, 0.05) is 30.9 Å². The summed E-state index contributed by atoms with van der Waals surface area (Å²) < 4.78 is 0. The standard InChI is InChI=1S/C12H13N5O.C7H9N/c1-3-10-14-8(2)15-12(16-10)17-11-6-9(7-18)4-5-13-11;1-8-7-5-3-2-4-6-7/h4-7H,3H2,1-2H3,(H,13,14,15,16,17);2-6,8H,1H3. The van der Waals surface area contributed by atoms with Gasteiger partial charge >= 0.3 is 0 Å². The van der Waals surface area contributed by atoms with E-state index < -0.39 is 0 Å². The number of aldehydes is 1. The molecule has 3 rings (SSSR count). The van der Waals surface area contributed by atoms with Crippen LogP contribution in [0.25, 0.3) is 0 Å². The summed E-state index contributed by atoms with van der Waals surface area (Å²) in [7, 11) is 1.91. The van der Waals surface area contributed by atoms with Crippen molar-refractivity contribution in [2.75, 3.05) is 17.7 Å². The van der Waals surface area contributed by atoms with Gasteiger partial charge in [-0.05, 0) is 31.2 Å². The highest BCUT2D eigenvalue weighted by molar-refractivity contribution is 5.76. The van der Waals surface area contributed by atoms with Crippen LogP contribution < -0.4 is 10.6 Å². The molecule has 0 fully saturated rings. The third-order valence-electron chi connectivity index (χ3n) is 3.33. The van der Waals surface area contributed by atoms with E-state index in [9.17, 15) is 4.79 Å². The van der Waals surface area contributed by atoms with E-state index in [2.05, 4.69) is 30.6 Å². The maximum Gasteiger partial charge on any atom is 0.231 e. The van der Waals surface area contributed by atoms with Crippen LogP contribution in [-0.2, 0) is 6.42 Å². The van der Waals surface area contributed by atoms with Gasteiger partial charge in [-0.1, -0.05) is 25.1 Å². The first kappa shape index (κ1) is 19.0. The summed E-state index contributed by atoms with van der Waals surface area (Å²) in [6.07, 6.45) is 3.06. The molecule has 7 nitrogen and oxygen atoms in total. The number of nitrogens with zero attached hydrogens (tertiary/aromatic N) is 4. The van der Waals surface area contributed by atoms with Crippen LogP contribution in [0.15, 0.2) is 48.7 Å². The van der Waals surface area contributed by atoms with E-state index in [1.807, 2.05) is 44.3 Å². The predicted molar refractivity (Wildman–Crippen MR) is 103 cm³/mol. The molecule has 3 aromatic rings. The molecule has 1 aromatic carbocycles. The predicted octanol–water partition coefficient (Wildman–Crippen LogP) is 3.42. The van der Waals surface area contributed by atoms with Crippen LogP contribution in [0.5, 0.6) is 0 Å². The highest BCUT2D eigenvalue weighted by atomic mass is 16.1. The molecule has 0 bridgehead atoms. The molecular formula is C19H22N6O. The molecule has 0 saturated carbocycles. The smallest absolute Gasteiger partial charge is 0.231 e. The van der Waals surface area contributed by atoms with Crippen molar-refractivity contribution in [2.45, 2.75) is 20.3 Å². The lowest BCUT2D eigenvalue weighted by atomic mass is 10.3. The first-order chi connectivity index (χ1) is 12.6. The number of nitrogens with one attached hydrogen (secondary N) is 2. The second kappa shape index (κ2) is 9.83. The molecule has 0 unspecified atom stereocenters. The monoisotopic (exact) mass is 350 g/mol. The largest absolute Gasteiger partial charge is 0.388 e. The van der Waals surface area contributed by atoms with E-state index in [0.29, 0.717) is 23.2 Å². The molecule has 134 valence electrons.